The van der Waals surface area contributed by atoms with Crippen LogP contribution in [0.2, 0.25) is 0 Å². The van der Waals surface area contributed by atoms with Gasteiger partial charge in [0.15, 0.2) is 5.78 Å². The molecule has 1 aromatic rings. The molecular weight excluding hydrogens is 284 g/mol. The second kappa shape index (κ2) is 7.56. The van der Waals surface area contributed by atoms with Crippen LogP contribution in [0.5, 0.6) is 0 Å². The molecule has 0 radical (unpaired) electrons. The van der Waals surface area contributed by atoms with E-state index in [1.54, 1.807) is 18.3 Å². The highest BCUT2D eigenvalue weighted by Gasteiger charge is 2.20. The number of hydrogen-bond donors (Lipinski definition) is 2. The van der Waals surface area contributed by atoms with Gasteiger partial charge in [0.05, 0.1) is 23.3 Å². The minimum absolute atomic E-state index is 0.0790. The van der Waals surface area contributed by atoms with E-state index in [9.17, 15) is 4.79 Å². The van der Waals surface area contributed by atoms with Crippen molar-refractivity contribution in [1.82, 2.24) is 15.3 Å². The molecule has 6 heteroatoms. The van der Waals surface area contributed by atoms with E-state index in [-0.39, 0.29) is 17.7 Å². The molecule has 0 bridgehead atoms. The summed E-state index contributed by atoms with van der Waals surface area (Å²) >= 11 is 1.64. The molecule has 5 nitrogen and oxygen atoms in total. The second-order valence-corrected chi connectivity index (χ2v) is 6.77. The first-order chi connectivity index (χ1) is 9.72. The Bertz CT molecular complexity index is 496. The highest BCUT2D eigenvalue weighted by atomic mass is 32.1. The Morgan fingerprint density at radius 3 is 2.52 bits per heavy atom. The molecule has 1 aromatic heterocycles. The van der Waals surface area contributed by atoms with Gasteiger partial charge in [-0.3, -0.25) is 9.80 Å². The van der Waals surface area contributed by atoms with E-state index < -0.39 is 0 Å². The number of ketones is 1. The average Bonchev–Trinajstić information content (AvgIpc) is 2.83. The van der Waals surface area contributed by atoms with Crippen molar-refractivity contribution in [2.24, 2.45) is 11.8 Å². The lowest BCUT2D eigenvalue weighted by Crippen LogP contribution is -2.45. The van der Waals surface area contributed by atoms with Crippen molar-refractivity contribution in [2.45, 2.75) is 53.1 Å². The minimum atomic E-state index is -0.273. The van der Waals surface area contributed by atoms with E-state index in [0.717, 1.165) is 10.7 Å². The van der Waals surface area contributed by atoms with Crippen molar-refractivity contribution < 1.29 is 4.79 Å². The molecule has 0 aromatic carbocycles. The molecule has 0 amide bonds. The van der Waals surface area contributed by atoms with Crippen LogP contribution in [-0.2, 0) is 11.3 Å². The number of carbonyl (C=O) groups excluding carboxylic acids is 1. The Morgan fingerprint density at radius 1 is 1.48 bits per heavy atom. The van der Waals surface area contributed by atoms with Gasteiger partial charge < -0.3 is 5.32 Å². The molecule has 0 fully saturated rings. The molecular formula is C15H26N4OS. The lowest BCUT2D eigenvalue weighted by Gasteiger charge is -2.27. The van der Waals surface area contributed by atoms with Gasteiger partial charge in [0.1, 0.15) is 5.82 Å². The third-order valence-corrected chi connectivity index (χ3v) is 4.36. The standard InChI is InChI=1S/C15H26N4OS/c1-9(2)14(11(5)20)17-12(6)19(16)7-13-8-21-15(18-13)10(3)4/h8-10,14,17H,6-7,16H2,1-5H3. The van der Waals surface area contributed by atoms with Gasteiger partial charge in [0.2, 0.25) is 0 Å². The Morgan fingerprint density at radius 2 is 2.10 bits per heavy atom. The van der Waals surface area contributed by atoms with Gasteiger partial charge >= 0.3 is 0 Å². The molecule has 0 saturated carbocycles. The normalized spacial score (nSPS) is 12.6. The lowest BCUT2D eigenvalue weighted by molar-refractivity contribution is -0.119. The fraction of sp³-hybridized carbons (Fsp3) is 0.600. The second-order valence-electron chi connectivity index (χ2n) is 5.88. The van der Waals surface area contributed by atoms with Crippen molar-refractivity contribution in [2.75, 3.05) is 0 Å². The molecule has 21 heavy (non-hydrogen) atoms. The predicted molar refractivity (Wildman–Crippen MR) is 87.5 cm³/mol. The third kappa shape index (κ3) is 5.13. The summed E-state index contributed by atoms with van der Waals surface area (Å²) in [4.78, 5) is 16.1. The molecule has 0 aliphatic rings. The van der Waals surface area contributed by atoms with Gasteiger partial charge in [0.25, 0.3) is 0 Å². The van der Waals surface area contributed by atoms with Crippen molar-refractivity contribution in [3.63, 3.8) is 0 Å². The van der Waals surface area contributed by atoms with E-state index in [1.165, 1.54) is 5.01 Å². The van der Waals surface area contributed by atoms with E-state index in [1.807, 2.05) is 19.2 Å². The van der Waals surface area contributed by atoms with Crippen LogP contribution in [0.1, 0.15) is 51.2 Å². The number of rotatable bonds is 8. The number of hydrogen-bond acceptors (Lipinski definition) is 6. The molecule has 1 atom stereocenters. The summed E-state index contributed by atoms with van der Waals surface area (Å²) in [6.07, 6.45) is 0. The maximum atomic E-state index is 11.6. The van der Waals surface area contributed by atoms with Crippen LogP contribution in [0.25, 0.3) is 0 Å². The fourth-order valence-electron chi connectivity index (χ4n) is 1.93. The van der Waals surface area contributed by atoms with Gasteiger partial charge in [-0.05, 0) is 12.8 Å². The van der Waals surface area contributed by atoms with Crippen molar-refractivity contribution in [3.8, 4) is 0 Å². The summed E-state index contributed by atoms with van der Waals surface area (Å²) in [6.45, 7) is 14.2. The Balaban J connectivity index is 2.63. The number of Topliss-reactive ketones (excluding diaryl/α,β-unsaturated/α-hetero) is 1. The number of nitrogens with two attached hydrogens (primary N) is 1. The first kappa shape index (κ1) is 17.7. The zero-order valence-corrected chi connectivity index (χ0v) is 14.3. The molecule has 1 heterocycles. The SMILES string of the molecule is C=C(NC(C(C)=O)C(C)C)N(N)Cc1csc(C(C)C)n1. The minimum Gasteiger partial charge on any atom is -0.361 e. The van der Waals surface area contributed by atoms with E-state index in [0.29, 0.717) is 18.3 Å². The summed E-state index contributed by atoms with van der Waals surface area (Å²) in [5.41, 5.74) is 0.915. The highest BCUT2D eigenvalue weighted by molar-refractivity contribution is 7.09. The summed E-state index contributed by atoms with van der Waals surface area (Å²) in [6, 6.07) is -0.273. The largest absolute Gasteiger partial charge is 0.361 e. The Labute approximate surface area is 131 Å². The van der Waals surface area contributed by atoms with Crippen LogP contribution in [0, 0.1) is 5.92 Å². The quantitative estimate of drug-likeness (QED) is 0.570. The Kier molecular flexibility index (Phi) is 6.36. The smallest absolute Gasteiger partial charge is 0.152 e. The molecule has 3 N–H and O–H groups in total. The van der Waals surface area contributed by atoms with Gasteiger partial charge in [-0.1, -0.05) is 34.3 Å². The van der Waals surface area contributed by atoms with Crippen LogP contribution < -0.4 is 11.2 Å². The number of thiazole rings is 1. The van der Waals surface area contributed by atoms with E-state index >= 15 is 0 Å². The molecule has 1 rings (SSSR count). The van der Waals surface area contributed by atoms with Crippen LogP contribution >= 0.6 is 11.3 Å². The molecule has 0 aliphatic carbocycles. The summed E-state index contributed by atoms with van der Waals surface area (Å²) < 4.78 is 0. The van der Waals surface area contributed by atoms with Crippen molar-refractivity contribution in [1.29, 1.82) is 0 Å². The number of hydrazine groups is 1. The van der Waals surface area contributed by atoms with Gasteiger partial charge in [0, 0.05) is 11.3 Å². The molecule has 0 saturated heterocycles. The maximum Gasteiger partial charge on any atom is 0.152 e. The van der Waals surface area contributed by atoms with Gasteiger partial charge in [-0.2, -0.15) is 0 Å². The molecule has 118 valence electrons. The average molecular weight is 310 g/mol. The molecule has 1 unspecified atom stereocenters. The number of carbonyl (C=O) groups is 1. The number of nitrogens with one attached hydrogen (secondary N) is 1. The third-order valence-electron chi connectivity index (χ3n) is 3.17. The van der Waals surface area contributed by atoms with Crippen molar-refractivity contribution in [3.05, 3.63) is 28.5 Å². The van der Waals surface area contributed by atoms with Crippen molar-refractivity contribution >= 4 is 17.1 Å². The summed E-state index contributed by atoms with van der Waals surface area (Å²) in [5.74, 6) is 7.21. The monoisotopic (exact) mass is 310 g/mol. The summed E-state index contributed by atoms with van der Waals surface area (Å²) in [5, 5.41) is 7.70. The molecule has 0 aliphatic heterocycles. The number of nitrogens with zero attached hydrogens (tertiary/aromatic N) is 2. The van der Waals surface area contributed by atoms with E-state index in [2.05, 4.69) is 30.7 Å². The van der Waals surface area contributed by atoms with Gasteiger partial charge in [-0.25, -0.2) is 10.8 Å². The van der Waals surface area contributed by atoms with E-state index in [4.69, 9.17) is 5.84 Å². The fourth-order valence-corrected chi connectivity index (χ4v) is 2.76. The summed E-state index contributed by atoms with van der Waals surface area (Å²) in [7, 11) is 0. The predicted octanol–water partition coefficient (Wildman–Crippen LogP) is 2.62. The van der Waals surface area contributed by atoms with Crippen LogP contribution in [0.4, 0.5) is 0 Å². The van der Waals surface area contributed by atoms with Gasteiger partial charge in [-0.15, -0.1) is 11.3 Å². The van der Waals surface area contributed by atoms with Crippen LogP contribution in [0.3, 0.4) is 0 Å². The first-order valence-electron chi connectivity index (χ1n) is 7.14. The van der Waals surface area contributed by atoms with Crippen LogP contribution in [-0.4, -0.2) is 21.8 Å². The Hall–Kier alpha value is -1.40. The van der Waals surface area contributed by atoms with Crippen LogP contribution in [0.15, 0.2) is 17.8 Å². The first-order valence-corrected chi connectivity index (χ1v) is 8.02. The maximum absolute atomic E-state index is 11.6. The molecule has 0 spiro atoms. The highest BCUT2D eigenvalue weighted by Crippen LogP contribution is 2.20. The topological polar surface area (TPSA) is 71.2 Å². The number of aromatic nitrogens is 1. The zero-order valence-electron chi connectivity index (χ0n) is 13.5. The zero-order chi connectivity index (χ0) is 16.2. The lowest BCUT2D eigenvalue weighted by atomic mass is 10.0.